The summed E-state index contributed by atoms with van der Waals surface area (Å²) in [4.78, 5) is 12.7. The largest absolute Gasteiger partial charge is 0.494 e. The van der Waals surface area contributed by atoms with E-state index < -0.39 is 17.0 Å². The first-order valence-electron chi connectivity index (χ1n) is 14.3. The quantitative estimate of drug-likeness (QED) is 0.200. The summed E-state index contributed by atoms with van der Waals surface area (Å²) in [6.45, 7) is 3.25. The number of carbonyl (C=O) groups is 1. The first-order valence-corrected chi connectivity index (χ1v) is 15.5. The van der Waals surface area contributed by atoms with Gasteiger partial charge in [0, 0.05) is 6.04 Å². The molecule has 0 radical (unpaired) electrons. The zero-order chi connectivity index (χ0) is 28.0. The number of hydrogen-bond acceptors (Lipinski definition) is 5. The van der Waals surface area contributed by atoms with Gasteiger partial charge < -0.3 is 19.5 Å². The van der Waals surface area contributed by atoms with Crippen LogP contribution in [0.1, 0.15) is 63.9 Å². The molecule has 1 fully saturated rings. The lowest BCUT2D eigenvalue weighted by Gasteiger charge is -2.22. The summed E-state index contributed by atoms with van der Waals surface area (Å²) in [5.41, 5.74) is 1.14. The van der Waals surface area contributed by atoms with Gasteiger partial charge in [0.2, 0.25) is 0 Å². The fourth-order valence-corrected chi connectivity index (χ4v) is 5.48. The van der Waals surface area contributed by atoms with E-state index in [0.717, 1.165) is 74.2 Å². The standard InChI is InChI=1S/C32H40N2O5S/c1-2-12-25-23-29(39-27-15-7-4-8-16-27)19-20-31(25)38-22-10-9-21-37-28-17-11-18-30(24-28)40(36)34-32(35)33-26-13-5-3-6-14-26/h4,7-8,11,15-20,23-24,26H,2-3,5-6,9-10,12-14,21-22H2,1H3,(H2,33,34,35). The highest BCUT2D eigenvalue weighted by molar-refractivity contribution is 7.83. The van der Waals surface area contributed by atoms with Gasteiger partial charge in [-0.3, -0.25) is 4.72 Å². The number of ether oxygens (including phenoxy) is 3. The molecule has 0 aliphatic heterocycles. The molecule has 0 heterocycles. The molecule has 4 rings (SSSR count). The van der Waals surface area contributed by atoms with Crippen molar-refractivity contribution < 1.29 is 23.2 Å². The molecular formula is C32H40N2O5S. The molecule has 1 unspecified atom stereocenters. The van der Waals surface area contributed by atoms with Crippen molar-refractivity contribution >= 4 is 17.0 Å². The Morgan fingerprint density at radius 2 is 1.60 bits per heavy atom. The van der Waals surface area contributed by atoms with Gasteiger partial charge in [0.05, 0.1) is 18.1 Å². The Morgan fingerprint density at radius 1 is 0.850 bits per heavy atom. The van der Waals surface area contributed by atoms with Crippen molar-refractivity contribution in [2.75, 3.05) is 13.2 Å². The molecule has 40 heavy (non-hydrogen) atoms. The summed E-state index contributed by atoms with van der Waals surface area (Å²) in [5, 5.41) is 2.93. The van der Waals surface area contributed by atoms with E-state index in [1.807, 2.05) is 48.5 Å². The third-order valence-corrected chi connectivity index (χ3v) is 7.79. The van der Waals surface area contributed by atoms with Crippen LogP contribution < -0.4 is 24.2 Å². The van der Waals surface area contributed by atoms with Crippen LogP contribution in [-0.2, 0) is 17.4 Å². The van der Waals surface area contributed by atoms with Gasteiger partial charge in [-0.15, -0.1) is 0 Å². The molecule has 0 aromatic heterocycles. The Morgan fingerprint density at radius 3 is 2.38 bits per heavy atom. The predicted octanol–water partition coefficient (Wildman–Crippen LogP) is 7.32. The first kappa shape index (κ1) is 29.5. The third kappa shape index (κ3) is 9.59. The van der Waals surface area contributed by atoms with Crippen molar-refractivity contribution in [3.8, 4) is 23.0 Å². The number of amides is 2. The smallest absolute Gasteiger partial charge is 0.327 e. The molecule has 2 N–H and O–H groups in total. The zero-order valence-corrected chi connectivity index (χ0v) is 24.0. The van der Waals surface area contributed by atoms with E-state index >= 15 is 0 Å². The topological polar surface area (TPSA) is 85.9 Å². The first-order chi connectivity index (χ1) is 19.6. The molecule has 0 spiro atoms. The summed E-state index contributed by atoms with van der Waals surface area (Å²) in [6.07, 6.45) is 8.99. The second-order valence-corrected chi connectivity index (χ2v) is 11.2. The van der Waals surface area contributed by atoms with Gasteiger partial charge in [-0.2, -0.15) is 0 Å². The number of benzene rings is 3. The maximum absolute atomic E-state index is 12.6. The van der Waals surface area contributed by atoms with Gasteiger partial charge in [0.15, 0.2) is 11.0 Å². The van der Waals surface area contributed by atoms with Crippen LogP contribution in [0.4, 0.5) is 4.79 Å². The third-order valence-electron chi connectivity index (χ3n) is 6.74. The Balaban J connectivity index is 1.18. The number of para-hydroxylation sites is 1. The molecule has 1 aliphatic rings. The zero-order valence-electron chi connectivity index (χ0n) is 23.2. The highest BCUT2D eigenvalue weighted by Gasteiger charge is 2.17. The van der Waals surface area contributed by atoms with E-state index in [1.165, 1.54) is 6.42 Å². The lowest BCUT2D eigenvalue weighted by molar-refractivity contribution is 0.238. The van der Waals surface area contributed by atoms with E-state index in [-0.39, 0.29) is 6.04 Å². The van der Waals surface area contributed by atoms with E-state index in [2.05, 4.69) is 23.0 Å². The summed E-state index contributed by atoms with van der Waals surface area (Å²) in [7, 11) is -1.65. The Bertz CT molecular complexity index is 1230. The Kier molecular flexibility index (Phi) is 11.7. The number of nitrogens with one attached hydrogen (secondary N) is 2. The van der Waals surface area contributed by atoms with Crippen molar-refractivity contribution in [1.82, 2.24) is 10.0 Å². The van der Waals surface area contributed by atoms with Crippen LogP contribution in [-0.4, -0.2) is 29.5 Å². The average Bonchev–Trinajstić information content (AvgIpc) is 2.97. The van der Waals surface area contributed by atoms with Crippen molar-refractivity contribution in [3.05, 3.63) is 78.4 Å². The molecule has 7 nitrogen and oxygen atoms in total. The number of urea groups is 1. The van der Waals surface area contributed by atoms with E-state index in [4.69, 9.17) is 14.2 Å². The second-order valence-electron chi connectivity index (χ2n) is 9.99. The fraction of sp³-hybridized carbons (Fsp3) is 0.406. The maximum atomic E-state index is 12.6. The van der Waals surface area contributed by atoms with E-state index in [1.54, 1.807) is 18.2 Å². The van der Waals surface area contributed by atoms with Crippen molar-refractivity contribution in [2.24, 2.45) is 0 Å². The number of aryl methyl sites for hydroxylation is 1. The van der Waals surface area contributed by atoms with Crippen molar-refractivity contribution in [2.45, 2.75) is 75.6 Å². The lowest BCUT2D eigenvalue weighted by atomic mass is 9.96. The van der Waals surface area contributed by atoms with Crippen LogP contribution in [0.5, 0.6) is 23.0 Å². The van der Waals surface area contributed by atoms with E-state index in [9.17, 15) is 9.00 Å². The monoisotopic (exact) mass is 564 g/mol. The van der Waals surface area contributed by atoms with Gasteiger partial charge in [0.25, 0.3) is 0 Å². The normalized spacial score (nSPS) is 14.2. The molecule has 1 saturated carbocycles. The summed E-state index contributed by atoms with van der Waals surface area (Å²) < 4.78 is 33.1. The minimum atomic E-state index is -1.65. The van der Waals surface area contributed by atoms with Gasteiger partial charge in [-0.1, -0.05) is 56.9 Å². The van der Waals surface area contributed by atoms with Crippen LogP contribution in [0.25, 0.3) is 0 Å². The van der Waals surface area contributed by atoms with Gasteiger partial charge in [-0.25, -0.2) is 9.00 Å². The summed E-state index contributed by atoms with van der Waals surface area (Å²) >= 11 is 0. The minimum absolute atomic E-state index is 0.163. The number of hydrogen-bond donors (Lipinski definition) is 2. The Hall–Kier alpha value is -3.52. The predicted molar refractivity (Wildman–Crippen MR) is 159 cm³/mol. The maximum Gasteiger partial charge on any atom is 0.327 e. The summed E-state index contributed by atoms with van der Waals surface area (Å²) in [6, 6.07) is 22.6. The molecule has 3 aromatic carbocycles. The average molecular weight is 565 g/mol. The molecule has 0 saturated heterocycles. The van der Waals surface area contributed by atoms with Crippen LogP contribution in [0, 0.1) is 0 Å². The fourth-order valence-electron chi connectivity index (χ4n) is 4.71. The van der Waals surface area contributed by atoms with Crippen molar-refractivity contribution in [3.63, 3.8) is 0 Å². The van der Waals surface area contributed by atoms with Gasteiger partial charge in [-0.05, 0) is 86.2 Å². The molecule has 3 aromatic rings. The van der Waals surface area contributed by atoms with Crippen molar-refractivity contribution in [1.29, 1.82) is 0 Å². The lowest BCUT2D eigenvalue weighted by Crippen LogP contribution is -2.43. The van der Waals surface area contributed by atoms with Gasteiger partial charge in [0.1, 0.15) is 23.0 Å². The number of carbonyl (C=O) groups excluding carboxylic acids is 1. The molecule has 1 aliphatic carbocycles. The van der Waals surface area contributed by atoms with Gasteiger partial charge >= 0.3 is 6.03 Å². The Labute approximate surface area is 240 Å². The van der Waals surface area contributed by atoms with Crippen LogP contribution in [0.3, 0.4) is 0 Å². The molecule has 2 amide bonds. The van der Waals surface area contributed by atoms with Crippen LogP contribution >= 0.6 is 0 Å². The molecule has 214 valence electrons. The second kappa shape index (κ2) is 15.9. The number of rotatable bonds is 14. The summed E-state index contributed by atoms with van der Waals surface area (Å²) in [5.74, 6) is 3.13. The van der Waals surface area contributed by atoms with Crippen LogP contribution in [0.2, 0.25) is 0 Å². The molecular weight excluding hydrogens is 524 g/mol. The molecule has 8 heteroatoms. The minimum Gasteiger partial charge on any atom is -0.494 e. The van der Waals surface area contributed by atoms with E-state index in [0.29, 0.717) is 23.9 Å². The molecule has 1 atom stereocenters. The number of unbranched alkanes of at least 4 members (excludes halogenated alkanes) is 1. The highest BCUT2D eigenvalue weighted by atomic mass is 32.2. The highest BCUT2D eigenvalue weighted by Crippen LogP contribution is 2.29. The molecule has 0 bridgehead atoms. The SMILES string of the molecule is CCCc1cc(Oc2ccccc2)ccc1OCCCCOc1cccc(S(=O)NC(=O)NC2CCCCC2)c1. The van der Waals surface area contributed by atoms with Crippen LogP contribution in [0.15, 0.2) is 77.7 Å².